The molecule has 0 radical (unpaired) electrons. The van der Waals surface area contributed by atoms with Gasteiger partial charge >= 0.3 is 6.18 Å². The van der Waals surface area contributed by atoms with Gasteiger partial charge in [-0.15, -0.1) is 0 Å². The van der Waals surface area contributed by atoms with Gasteiger partial charge in [0.15, 0.2) is 0 Å². The zero-order valence-electron chi connectivity index (χ0n) is 8.93. The van der Waals surface area contributed by atoms with Crippen LogP contribution >= 0.6 is 11.6 Å². The van der Waals surface area contributed by atoms with E-state index in [1.54, 1.807) is 0 Å². The molecule has 0 aliphatic carbocycles. The van der Waals surface area contributed by atoms with E-state index in [2.05, 4.69) is 0 Å². The first-order valence-corrected chi connectivity index (χ1v) is 5.39. The maximum absolute atomic E-state index is 13.6. The van der Waals surface area contributed by atoms with E-state index < -0.39 is 17.6 Å². The third-order valence-electron chi connectivity index (χ3n) is 2.44. The lowest BCUT2D eigenvalue weighted by atomic mass is 10.0. The van der Waals surface area contributed by atoms with Gasteiger partial charge in [0, 0.05) is 5.56 Å². The summed E-state index contributed by atoms with van der Waals surface area (Å²) in [7, 11) is 0. The first kappa shape index (κ1) is 12.9. The highest BCUT2D eigenvalue weighted by Gasteiger charge is 2.30. The average Bonchev–Trinajstić information content (AvgIpc) is 2.28. The molecule has 94 valence electrons. The van der Waals surface area contributed by atoms with Crippen LogP contribution in [0.1, 0.15) is 5.56 Å². The summed E-state index contributed by atoms with van der Waals surface area (Å²) in [6, 6.07) is 8.40. The third kappa shape index (κ3) is 2.48. The molecule has 0 aliphatic heterocycles. The molecule has 0 atom stereocenters. The Hall–Kier alpha value is -1.55. The number of rotatable bonds is 1. The highest BCUT2D eigenvalue weighted by atomic mass is 35.5. The lowest BCUT2D eigenvalue weighted by Crippen LogP contribution is -2.04. The Bertz CT molecular complexity index is 555. The van der Waals surface area contributed by atoms with Gasteiger partial charge in [-0.1, -0.05) is 29.8 Å². The molecule has 5 heteroatoms. The van der Waals surface area contributed by atoms with Crippen LogP contribution in [0.5, 0.6) is 0 Å². The molecule has 0 N–H and O–H groups in total. The summed E-state index contributed by atoms with van der Waals surface area (Å²) < 4.78 is 51.3. The number of alkyl halides is 3. The second-order valence-electron chi connectivity index (χ2n) is 3.68. The Balaban J connectivity index is 2.59. The maximum atomic E-state index is 13.6. The summed E-state index contributed by atoms with van der Waals surface area (Å²) in [5, 5.41) is 0.0781. The molecule has 0 aromatic heterocycles. The SMILES string of the molecule is Fc1cccc(Cl)c1-c1cccc(C(F)(F)F)c1. The van der Waals surface area contributed by atoms with Crippen LogP contribution in [0.15, 0.2) is 42.5 Å². The summed E-state index contributed by atoms with van der Waals surface area (Å²) in [6.45, 7) is 0. The topological polar surface area (TPSA) is 0 Å². The van der Waals surface area contributed by atoms with Crippen molar-refractivity contribution in [1.82, 2.24) is 0 Å². The van der Waals surface area contributed by atoms with Gasteiger partial charge < -0.3 is 0 Å². The molecule has 18 heavy (non-hydrogen) atoms. The van der Waals surface area contributed by atoms with E-state index in [1.165, 1.54) is 24.3 Å². The van der Waals surface area contributed by atoms with Crippen molar-refractivity contribution in [1.29, 1.82) is 0 Å². The van der Waals surface area contributed by atoms with Gasteiger partial charge in [-0.25, -0.2) is 4.39 Å². The normalized spacial score (nSPS) is 11.6. The molecule has 0 nitrogen and oxygen atoms in total. The molecule has 0 saturated heterocycles. The zero-order chi connectivity index (χ0) is 13.3. The predicted octanol–water partition coefficient (Wildman–Crippen LogP) is 5.16. The number of halogens is 5. The summed E-state index contributed by atoms with van der Waals surface area (Å²) in [5.41, 5.74) is -0.752. The molecular weight excluding hydrogens is 268 g/mol. The smallest absolute Gasteiger partial charge is 0.206 e. The molecular formula is C13H7ClF4. The van der Waals surface area contributed by atoms with Gasteiger partial charge in [0.25, 0.3) is 0 Å². The van der Waals surface area contributed by atoms with Crippen molar-refractivity contribution in [2.45, 2.75) is 6.18 Å². The molecule has 0 bridgehead atoms. The van der Waals surface area contributed by atoms with Crippen LogP contribution in [0, 0.1) is 5.82 Å². The second-order valence-corrected chi connectivity index (χ2v) is 4.08. The van der Waals surface area contributed by atoms with Crippen molar-refractivity contribution in [2.24, 2.45) is 0 Å². The van der Waals surface area contributed by atoms with Crippen molar-refractivity contribution in [3.63, 3.8) is 0 Å². The molecule has 0 fully saturated rings. The largest absolute Gasteiger partial charge is 0.416 e. The van der Waals surface area contributed by atoms with E-state index in [9.17, 15) is 17.6 Å². The van der Waals surface area contributed by atoms with Gasteiger partial charge in [0.1, 0.15) is 5.82 Å². The number of hydrogen-bond acceptors (Lipinski definition) is 0. The Morgan fingerprint density at radius 2 is 1.61 bits per heavy atom. The molecule has 0 unspecified atom stereocenters. The summed E-state index contributed by atoms with van der Waals surface area (Å²) in [5.74, 6) is -0.651. The van der Waals surface area contributed by atoms with Crippen molar-refractivity contribution in [3.8, 4) is 11.1 Å². The van der Waals surface area contributed by atoms with Crippen LogP contribution in [0.4, 0.5) is 17.6 Å². The summed E-state index contributed by atoms with van der Waals surface area (Å²) in [6.07, 6.45) is -4.46. The number of benzene rings is 2. The molecule has 0 saturated carbocycles. The fourth-order valence-electron chi connectivity index (χ4n) is 1.62. The van der Waals surface area contributed by atoms with E-state index in [4.69, 9.17) is 11.6 Å². The van der Waals surface area contributed by atoms with E-state index in [-0.39, 0.29) is 16.1 Å². The van der Waals surface area contributed by atoms with Gasteiger partial charge in [0.2, 0.25) is 0 Å². The van der Waals surface area contributed by atoms with E-state index in [0.717, 1.165) is 18.2 Å². The van der Waals surface area contributed by atoms with Gasteiger partial charge in [-0.05, 0) is 29.8 Å². The van der Waals surface area contributed by atoms with Crippen LogP contribution in [0.2, 0.25) is 5.02 Å². The number of hydrogen-bond donors (Lipinski definition) is 0. The van der Waals surface area contributed by atoms with Crippen LogP contribution in [-0.2, 0) is 6.18 Å². The van der Waals surface area contributed by atoms with Crippen LogP contribution in [0.3, 0.4) is 0 Å². The van der Waals surface area contributed by atoms with E-state index >= 15 is 0 Å². The summed E-state index contributed by atoms with van der Waals surface area (Å²) >= 11 is 5.81. The van der Waals surface area contributed by atoms with Crippen molar-refractivity contribution in [3.05, 3.63) is 58.9 Å². The predicted molar refractivity (Wildman–Crippen MR) is 61.8 cm³/mol. The maximum Gasteiger partial charge on any atom is 0.416 e. The van der Waals surface area contributed by atoms with Gasteiger partial charge in [-0.3, -0.25) is 0 Å². The fourth-order valence-corrected chi connectivity index (χ4v) is 1.90. The minimum absolute atomic E-state index is 0.0229. The van der Waals surface area contributed by atoms with Crippen molar-refractivity contribution < 1.29 is 17.6 Å². The summed E-state index contributed by atoms with van der Waals surface area (Å²) in [4.78, 5) is 0. The molecule has 2 rings (SSSR count). The molecule has 0 heterocycles. The Morgan fingerprint density at radius 3 is 2.22 bits per heavy atom. The Morgan fingerprint density at radius 1 is 0.944 bits per heavy atom. The lowest BCUT2D eigenvalue weighted by molar-refractivity contribution is -0.137. The highest BCUT2D eigenvalue weighted by molar-refractivity contribution is 6.33. The second kappa shape index (κ2) is 4.61. The monoisotopic (exact) mass is 274 g/mol. The highest BCUT2D eigenvalue weighted by Crippen LogP contribution is 2.35. The first-order valence-electron chi connectivity index (χ1n) is 5.01. The molecule has 0 spiro atoms. The van der Waals surface area contributed by atoms with Crippen LogP contribution in [0.25, 0.3) is 11.1 Å². The molecule has 2 aromatic rings. The lowest BCUT2D eigenvalue weighted by Gasteiger charge is -2.10. The average molecular weight is 275 g/mol. The van der Waals surface area contributed by atoms with Crippen molar-refractivity contribution >= 4 is 11.6 Å². The van der Waals surface area contributed by atoms with Gasteiger partial charge in [-0.2, -0.15) is 13.2 Å². The molecule has 0 amide bonds. The van der Waals surface area contributed by atoms with Crippen LogP contribution in [-0.4, -0.2) is 0 Å². The first-order chi connectivity index (χ1) is 8.39. The Labute approximate surface area is 106 Å². The standard InChI is InChI=1S/C13H7ClF4/c14-10-5-2-6-11(15)12(10)8-3-1-4-9(7-8)13(16,17)18/h1-7H. The third-order valence-corrected chi connectivity index (χ3v) is 2.76. The van der Waals surface area contributed by atoms with Crippen LogP contribution < -0.4 is 0 Å². The molecule has 0 aliphatic rings. The fraction of sp³-hybridized carbons (Fsp3) is 0.0769. The molecule has 2 aromatic carbocycles. The quantitative estimate of drug-likeness (QED) is 0.630. The Kier molecular flexibility index (Phi) is 3.30. The van der Waals surface area contributed by atoms with Crippen molar-refractivity contribution in [2.75, 3.05) is 0 Å². The minimum Gasteiger partial charge on any atom is -0.206 e. The zero-order valence-corrected chi connectivity index (χ0v) is 9.69. The van der Waals surface area contributed by atoms with E-state index in [0.29, 0.717) is 0 Å². The minimum atomic E-state index is -4.46. The van der Waals surface area contributed by atoms with E-state index in [1.807, 2.05) is 0 Å². The van der Waals surface area contributed by atoms with Gasteiger partial charge in [0.05, 0.1) is 10.6 Å².